The van der Waals surface area contributed by atoms with Crippen LogP contribution in [0.25, 0.3) is 5.70 Å². The van der Waals surface area contributed by atoms with Gasteiger partial charge in [0.15, 0.2) is 0 Å². The van der Waals surface area contributed by atoms with E-state index in [0.717, 1.165) is 22.5 Å². The molecule has 0 fully saturated rings. The summed E-state index contributed by atoms with van der Waals surface area (Å²) in [7, 11) is 1.99. The van der Waals surface area contributed by atoms with E-state index < -0.39 is 6.10 Å². The lowest BCUT2D eigenvalue weighted by Gasteiger charge is -2.33. The molecule has 1 heterocycles. The summed E-state index contributed by atoms with van der Waals surface area (Å²) in [5.41, 5.74) is 5.20. The van der Waals surface area contributed by atoms with E-state index in [0.29, 0.717) is 0 Å². The molecule has 0 saturated heterocycles. The Labute approximate surface area is 109 Å². The van der Waals surface area contributed by atoms with Crippen molar-refractivity contribution in [3.63, 3.8) is 0 Å². The molecule has 2 rings (SSSR count). The van der Waals surface area contributed by atoms with Gasteiger partial charge >= 0.3 is 0 Å². The van der Waals surface area contributed by atoms with Gasteiger partial charge < -0.3 is 10.0 Å². The number of nitrogens with zero attached hydrogens (tertiary/aromatic N) is 1. The lowest BCUT2D eigenvalue weighted by molar-refractivity contribution is 0.229. The second-order valence-electron chi connectivity index (χ2n) is 4.68. The zero-order valence-corrected chi connectivity index (χ0v) is 11.1. The van der Waals surface area contributed by atoms with Crippen LogP contribution < -0.4 is 0 Å². The highest BCUT2D eigenvalue weighted by Crippen LogP contribution is 2.34. The fraction of sp³-hybridized carbons (Fsp3) is 0.250. The SMILES string of the molecule is C=C1C(C(C)O)=CC(C)=C(c2ccccc2)N1C. The molecule has 0 spiro atoms. The summed E-state index contributed by atoms with van der Waals surface area (Å²) in [6.07, 6.45) is 1.53. The Morgan fingerprint density at radius 2 is 1.83 bits per heavy atom. The van der Waals surface area contributed by atoms with E-state index in [4.69, 9.17) is 0 Å². The summed E-state index contributed by atoms with van der Waals surface area (Å²) < 4.78 is 0. The van der Waals surface area contributed by atoms with Gasteiger partial charge in [0.25, 0.3) is 0 Å². The normalized spacial score (nSPS) is 17.9. The smallest absolute Gasteiger partial charge is 0.0782 e. The molecular formula is C16H19NO. The molecule has 18 heavy (non-hydrogen) atoms. The maximum absolute atomic E-state index is 9.76. The van der Waals surface area contributed by atoms with E-state index in [-0.39, 0.29) is 0 Å². The summed E-state index contributed by atoms with van der Waals surface area (Å²) in [6.45, 7) is 7.90. The number of allylic oxidation sites excluding steroid dienone is 2. The third-order valence-corrected chi connectivity index (χ3v) is 3.32. The van der Waals surface area contributed by atoms with Gasteiger partial charge in [-0.15, -0.1) is 0 Å². The van der Waals surface area contributed by atoms with Crippen LogP contribution in [0.3, 0.4) is 0 Å². The van der Waals surface area contributed by atoms with E-state index in [2.05, 4.69) is 25.6 Å². The third-order valence-electron chi connectivity index (χ3n) is 3.32. The van der Waals surface area contributed by atoms with Crippen molar-refractivity contribution in [3.05, 3.63) is 65.4 Å². The van der Waals surface area contributed by atoms with Gasteiger partial charge in [-0.1, -0.05) is 36.9 Å². The van der Waals surface area contributed by atoms with Crippen molar-refractivity contribution in [2.45, 2.75) is 20.0 Å². The molecule has 0 radical (unpaired) electrons. The number of hydrogen-bond acceptors (Lipinski definition) is 2. The minimum Gasteiger partial charge on any atom is -0.389 e. The molecule has 1 unspecified atom stereocenters. The number of rotatable bonds is 2. The van der Waals surface area contributed by atoms with Crippen LogP contribution in [0.4, 0.5) is 0 Å². The van der Waals surface area contributed by atoms with E-state index in [1.165, 1.54) is 5.56 Å². The standard InChI is InChI=1S/C16H19NO/c1-11-10-15(13(3)18)12(2)17(4)16(11)14-8-6-5-7-9-14/h5-10,13,18H,2H2,1,3-4H3. The number of aliphatic hydroxyl groups excluding tert-OH is 1. The van der Waals surface area contributed by atoms with Gasteiger partial charge in [0.05, 0.1) is 11.8 Å². The van der Waals surface area contributed by atoms with Crippen molar-refractivity contribution in [1.29, 1.82) is 0 Å². The summed E-state index contributed by atoms with van der Waals surface area (Å²) in [5.74, 6) is 0. The first-order valence-electron chi connectivity index (χ1n) is 6.11. The molecule has 1 aliphatic rings. The zero-order valence-electron chi connectivity index (χ0n) is 11.1. The van der Waals surface area contributed by atoms with Crippen LogP contribution in [-0.2, 0) is 0 Å². The van der Waals surface area contributed by atoms with Crippen molar-refractivity contribution < 1.29 is 5.11 Å². The van der Waals surface area contributed by atoms with Crippen LogP contribution in [-0.4, -0.2) is 23.2 Å². The predicted octanol–water partition coefficient (Wildman–Crippen LogP) is 3.18. The highest BCUT2D eigenvalue weighted by atomic mass is 16.3. The fourth-order valence-electron chi connectivity index (χ4n) is 2.36. The maximum atomic E-state index is 9.76. The molecule has 1 aromatic rings. The second kappa shape index (κ2) is 4.83. The van der Waals surface area contributed by atoms with Crippen molar-refractivity contribution in [2.24, 2.45) is 0 Å². The summed E-state index contributed by atoms with van der Waals surface area (Å²) in [5, 5.41) is 9.76. The van der Waals surface area contributed by atoms with E-state index >= 15 is 0 Å². The van der Waals surface area contributed by atoms with Crippen LogP contribution in [0.1, 0.15) is 19.4 Å². The van der Waals surface area contributed by atoms with Crippen LogP contribution in [0, 0.1) is 0 Å². The van der Waals surface area contributed by atoms with Crippen LogP contribution in [0.2, 0.25) is 0 Å². The monoisotopic (exact) mass is 241 g/mol. The Balaban J connectivity index is 2.54. The molecule has 0 bridgehead atoms. The van der Waals surface area contributed by atoms with Gasteiger partial charge in [0.1, 0.15) is 0 Å². The third kappa shape index (κ3) is 2.12. The largest absolute Gasteiger partial charge is 0.389 e. The molecule has 94 valence electrons. The maximum Gasteiger partial charge on any atom is 0.0782 e. The first-order valence-corrected chi connectivity index (χ1v) is 6.11. The molecule has 1 aromatic carbocycles. The van der Waals surface area contributed by atoms with E-state index in [9.17, 15) is 5.11 Å². The number of benzene rings is 1. The second-order valence-corrected chi connectivity index (χ2v) is 4.68. The van der Waals surface area contributed by atoms with E-state index in [1.807, 2.05) is 36.2 Å². The number of aliphatic hydroxyl groups is 1. The Kier molecular flexibility index (Phi) is 3.39. The molecule has 0 saturated carbocycles. The average molecular weight is 241 g/mol. The Hall–Kier alpha value is -1.80. The van der Waals surface area contributed by atoms with Gasteiger partial charge in [0.2, 0.25) is 0 Å². The Morgan fingerprint density at radius 1 is 1.22 bits per heavy atom. The lowest BCUT2D eigenvalue weighted by atomic mass is 9.95. The molecule has 1 atom stereocenters. The van der Waals surface area contributed by atoms with Crippen molar-refractivity contribution in [3.8, 4) is 0 Å². The minimum absolute atomic E-state index is 0.493. The summed E-state index contributed by atoms with van der Waals surface area (Å²) >= 11 is 0. The Morgan fingerprint density at radius 3 is 2.39 bits per heavy atom. The van der Waals surface area contributed by atoms with Crippen LogP contribution in [0.15, 0.2) is 59.8 Å². The topological polar surface area (TPSA) is 23.5 Å². The zero-order chi connectivity index (χ0) is 13.3. The molecule has 2 nitrogen and oxygen atoms in total. The average Bonchev–Trinajstić information content (AvgIpc) is 2.35. The first-order chi connectivity index (χ1) is 8.52. The summed E-state index contributed by atoms with van der Waals surface area (Å²) in [4.78, 5) is 2.05. The van der Waals surface area contributed by atoms with Crippen molar-refractivity contribution >= 4 is 5.70 Å². The van der Waals surface area contributed by atoms with Crippen LogP contribution >= 0.6 is 0 Å². The van der Waals surface area contributed by atoms with Gasteiger partial charge in [0, 0.05) is 18.3 Å². The fourth-order valence-corrected chi connectivity index (χ4v) is 2.36. The molecule has 2 heteroatoms. The van der Waals surface area contributed by atoms with Gasteiger partial charge in [-0.3, -0.25) is 0 Å². The van der Waals surface area contributed by atoms with Gasteiger partial charge in [-0.05, 0) is 31.1 Å². The molecule has 0 aliphatic carbocycles. The molecular weight excluding hydrogens is 222 g/mol. The summed E-state index contributed by atoms with van der Waals surface area (Å²) in [6, 6.07) is 10.2. The highest BCUT2D eigenvalue weighted by molar-refractivity contribution is 5.74. The lowest BCUT2D eigenvalue weighted by Crippen LogP contribution is -2.25. The molecule has 0 aromatic heterocycles. The molecule has 1 aliphatic heterocycles. The van der Waals surface area contributed by atoms with Crippen molar-refractivity contribution in [2.75, 3.05) is 7.05 Å². The number of hydrogen-bond donors (Lipinski definition) is 1. The molecule has 0 amide bonds. The van der Waals surface area contributed by atoms with Gasteiger partial charge in [-0.2, -0.15) is 0 Å². The predicted molar refractivity (Wildman–Crippen MR) is 75.7 cm³/mol. The quantitative estimate of drug-likeness (QED) is 0.859. The Bertz CT molecular complexity index is 523. The number of likely N-dealkylation sites (N-methyl/N-ethyl adjacent to an activating group) is 1. The van der Waals surface area contributed by atoms with Crippen molar-refractivity contribution in [1.82, 2.24) is 4.90 Å². The van der Waals surface area contributed by atoms with E-state index in [1.54, 1.807) is 6.92 Å². The van der Waals surface area contributed by atoms with Gasteiger partial charge in [-0.25, -0.2) is 0 Å². The minimum atomic E-state index is -0.493. The highest BCUT2D eigenvalue weighted by Gasteiger charge is 2.22. The molecule has 1 N–H and O–H groups in total. The van der Waals surface area contributed by atoms with Crippen LogP contribution in [0.5, 0.6) is 0 Å². The first kappa shape index (κ1) is 12.7.